The van der Waals surface area contributed by atoms with Crippen LogP contribution in [0.2, 0.25) is 15.2 Å². The van der Waals surface area contributed by atoms with E-state index in [1.54, 1.807) is 39.0 Å². The average Bonchev–Trinajstić information content (AvgIpc) is 3.16. The van der Waals surface area contributed by atoms with E-state index >= 15 is 0 Å². The molecule has 0 saturated carbocycles. The maximum Gasteiger partial charge on any atom is 0.437 e. The predicted octanol–water partition coefficient (Wildman–Crippen LogP) is 7.12. The number of anilines is 1. The second kappa shape index (κ2) is 10.9. The number of carbonyl (C=O) groups is 2. The number of alkyl carbamates (subject to hydrolysis) is 1. The van der Waals surface area contributed by atoms with Gasteiger partial charge in [-0.1, -0.05) is 46.9 Å². The molecule has 3 aromatic rings. The van der Waals surface area contributed by atoms with Crippen LogP contribution in [-0.2, 0) is 9.47 Å². The summed E-state index contributed by atoms with van der Waals surface area (Å²) in [6.45, 7) is 13.8. The molecule has 2 aromatic heterocycles. The number of fused-ring (bicyclic) bond motifs is 1. The quantitative estimate of drug-likeness (QED) is 0.333. The summed E-state index contributed by atoms with van der Waals surface area (Å²) >= 11 is 19.4. The molecule has 1 aromatic carbocycles. The summed E-state index contributed by atoms with van der Waals surface area (Å²) in [5.41, 5.74) is -0.631. The van der Waals surface area contributed by atoms with Crippen LogP contribution in [0.4, 0.5) is 15.4 Å². The Hall–Kier alpha value is -2.82. The Bertz CT molecular complexity index is 1450. The van der Waals surface area contributed by atoms with Crippen LogP contribution in [0.25, 0.3) is 22.4 Å². The molecule has 0 radical (unpaired) electrons. The number of nitrogens with one attached hydrogen (secondary N) is 1. The van der Waals surface area contributed by atoms with Gasteiger partial charge in [0.25, 0.3) is 0 Å². The molecule has 40 heavy (non-hydrogen) atoms. The molecule has 1 fully saturated rings. The number of hydrogen-bond acceptors (Lipinski definition) is 8. The number of benzene rings is 1. The van der Waals surface area contributed by atoms with Gasteiger partial charge >= 0.3 is 12.2 Å². The number of amides is 1. The molecule has 1 N–H and O–H groups in total. The van der Waals surface area contributed by atoms with Crippen molar-refractivity contribution in [3.63, 3.8) is 0 Å². The zero-order valence-corrected chi connectivity index (χ0v) is 25.8. The molecule has 0 spiro atoms. The lowest BCUT2D eigenvalue weighted by atomic mass is 9.90. The SMILES string of the molecule is CC1(NC(=O)OC(C)(C)C)CCN(c2nc3c(nc2Cl)c(-c2cccc(Cl)c2Cl)nn3C(=O)OC(C)(C)C)CC1. The van der Waals surface area contributed by atoms with Crippen LogP contribution in [0, 0.1) is 0 Å². The third kappa shape index (κ3) is 6.72. The zero-order chi connectivity index (χ0) is 29.6. The summed E-state index contributed by atoms with van der Waals surface area (Å²) in [4.78, 5) is 36.9. The van der Waals surface area contributed by atoms with Crippen molar-refractivity contribution in [3.8, 4) is 11.3 Å². The largest absolute Gasteiger partial charge is 0.444 e. The topological polar surface area (TPSA) is 111 Å². The third-order valence-corrected chi connectivity index (χ3v) is 7.26. The number of aromatic nitrogens is 4. The Morgan fingerprint density at radius 2 is 1.60 bits per heavy atom. The van der Waals surface area contributed by atoms with Gasteiger partial charge in [-0.2, -0.15) is 5.10 Å². The summed E-state index contributed by atoms with van der Waals surface area (Å²) < 4.78 is 12.1. The molecule has 216 valence electrons. The van der Waals surface area contributed by atoms with Gasteiger partial charge in [-0.05, 0) is 67.4 Å². The van der Waals surface area contributed by atoms with Crippen molar-refractivity contribution in [3.05, 3.63) is 33.4 Å². The standard InChI is InChI=1S/C27H33Cl3N6O4/c1-25(2,3)39-23(37)33-27(7)11-13-35(14-12-27)22-20(30)31-19-18(15-9-8-10-16(28)17(15)29)34-36(21(19)32-22)24(38)40-26(4,5)6/h8-10H,11-14H2,1-7H3,(H,33,37). The van der Waals surface area contributed by atoms with Crippen LogP contribution >= 0.6 is 34.8 Å². The fourth-order valence-corrected chi connectivity index (χ4v) is 4.92. The van der Waals surface area contributed by atoms with Gasteiger partial charge in [0, 0.05) is 24.2 Å². The molecule has 1 amide bonds. The molecule has 0 atom stereocenters. The number of nitrogens with zero attached hydrogens (tertiary/aromatic N) is 5. The number of halogens is 3. The highest BCUT2D eigenvalue weighted by molar-refractivity contribution is 6.43. The fourth-order valence-electron chi connectivity index (χ4n) is 4.29. The number of piperidine rings is 1. The number of ether oxygens (including phenoxy) is 2. The second-order valence-electron chi connectivity index (χ2n) is 12.0. The first kappa shape index (κ1) is 30.1. The van der Waals surface area contributed by atoms with Gasteiger partial charge < -0.3 is 19.7 Å². The molecular weight excluding hydrogens is 579 g/mol. The Morgan fingerprint density at radius 3 is 2.20 bits per heavy atom. The van der Waals surface area contributed by atoms with Crippen molar-refractivity contribution in [2.24, 2.45) is 0 Å². The van der Waals surface area contributed by atoms with E-state index < -0.39 is 28.9 Å². The van der Waals surface area contributed by atoms with Crippen LogP contribution < -0.4 is 10.2 Å². The van der Waals surface area contributed by atoms with Gasteiger partial charge in [0.15, 0.2) is 16.6 Å². The van der Waals surface area contributed by atoms with E-state index in [4.69, 9.17) is 49.3 Å². The van der Waals surface area contributed by atoms with E-state index in [1.807, 2.05) is 32.6 Å². The van der Waals surface area contributed by atoms with E-state index in [0.717, 1.165) is 4.68 Å². The van der Waals surface area contributed by atoms with Gasteiger partial charge in [0.05, 0.1) is 10.0 Å². The zero-order valence-electron chi connectivity index (χ0n) is 23.6. The molecule has 10 nitrogen and oxygen atoms in total. The fraction of sp³-hybridized carbons (Fsp3) is 0.519. The number of rotatable bonds is 3. The van der Waals surface area contributed by atoms with Crippen LogP contribution in [0.1, 0.15) is 61.3 Å². The van der Waals surface area contributed by atoms with Crippen LogP contribution in [0.5, 0.6) is 0 Å². The minimum absolute atomic E-state index is 0.138. The maximum absolute atomic E-state index is 13.2. The normalized spacial score (nSPS) is 15.7. The second-order valence-corrected chi connectivity index (χ2v) is 13.2. The molecule has 1 aliphatic rings. The highest BCUT2D eigenvalue weighted by Gasteiger charge is 2.35. The summed E-state index contributed by atoms with van der Waals surface area (Å²) in [6, 6.07) is 5.10. The van der Waals surface area contributed by atoms with Crippen molar-refractivity contribution in [1.82, 2.24) is 25.1 Å². The van der Waals surface area contributed by atoms with Gasteiger partial charge in [-0.25, -0.2) is 19.6 Å². The lowest BCUT2D eigenvalue weighted by Gasteiger charge is -2.40. The number of carbonyl (C=O) groups excluding carboxylic acids is 2. The molecule has 1 aliphatic heterocycles. The Labute approximate surface area is 248 Å². The van der Waals surface area contributed by atoms with Crippen LogP contribution in [0.3, 0.4) is 0 Å². The molecule has 0 bridgehead atoms. The lowest BCUT2D eigenvalue weighted by molar-refractivity contribution is 0.0446. The number of hydrogen-bond donors (Lipinski definition) is 1. The first-order chi connectivity index (χ1) is 18.5. The molecule has 4 rings (SSSR count). The Kier molecular flexibility index (Phi) is 8.19. The van der Waals surface area contributed by atoms with Gasteiger partial charge in [0.2, 0.25) is 0 Å². The maximum atomic E-state index is 13.2. The molecule has 1 saturated heterocycles. The van der Waals surface area contributed by atoms with Gasteiger partial charge in [-0.3, -0.25) is 0 Å². The van der Waals surface area contributed by atoms with Crippen molar-refractivity contribution in [1.29, 1.82) is 0 Å². The van der Waals surface area contributed by atoms with Crippen LogP contribution in [0.15, 0.2) is 18.2 Å². The predicted molar refractivity (Wildman–Crippen MR) is 157 cm³/mol. The Morgan fingerprint density at radius 1 is 0.975 bits per heavy atom. The van der Waals surface area contributed by atoms with E-state index in [2.05, 4.69) is 15.4 Å². The van der Waals surface area contributed by atoms with E-state index in [1.165, 1.54) is 0 Å². The van der Waals surface area contributed by atoms with Crippen LogP contribution in [-0.4, -0.2) is 61.8 Å². The van der Waals surface area contributed by atoms with Crippen molar-refractivity contribution < 1.29 is 19.1 Å². The lowest BCUT2D eigenvalue weighted by Crippen LogP contribution is -2.54. The minimum atomic E-state index is -0.773. The highest BCUT2D eigenvalue weighted by Crippen LogP contribution is 2.38. The monoisotopic (exact) mass is 610 g/mol. The smallest absolute Gasteiger partial charge is 0.437 e. The van der Waals surface area contributed by atoms with E-state index in [0.29, 0.717) is 48.0 Å². The molecular formula is C27H33Cl3N6O4. The first-order valence-electron chi connectivity index (χ1n) is 12.9. The van der Waals surface area contributed by atoms with Gasteiger partial charge in [-0.15, -0.1) is 4.68 Å². The molecule has 0 aliphatic carbocycles. The summed E-state index contributed by atoms with van der Waals surface area (Å²) in [7, 11) is 0. The van der Waals surface area contributed by atoms with Crippen molar-refractivity contribution in [2.45, 2.75) is 78.0 Å². The van der Waals surface area contributed by atoms with E-state index in [-0.39, 0.29) is 21.3 Å². The van der Waals surface area contributed by atoms with Crippen molar-refractivity contribution >= 4 is 64.0 Å². The van der Waals surface area contributed by atoms with Gasteiger partial charge in [0.1, 0.15) is 22.4 Å². The van der Waals surface area contributed by atoms with E-state index in [9.17, 15) is 9.59 Å². The molecule has 3 heterocycles. The van der Waals surface area contributed by atoms with Crippen molar-refractivity contribution in [2.75, 3.05) is 18.0 Å². The average molecular weight is 612 g/mol. The summed E-state index contributed by atoms with van der Waals surface area (Å²) in [5.74, 6) is 0.391. The summed E-state index contributed by atoms with van der Waals surface area (Å²) in [6.07, 6.45) is 0.0296. The Balaban J connectivity index is 1.70. The third-order valence-electron chi connectivity index (χ3n) is 6.19. The highest BCUT2D eigenvalue weighted by atomic mass is 35.5. The molecule has 13 heteroatoms. The first-order valence-corrected chi connectivity index (χ1v) is 14.0. The summed E-state index contributed by atoms with van der Waals surface area (Å²) in [5, 5.41) is 8.21. The minimum Gasteiger partial charge on any atom is -0.444 e. The molecule has 0 unspecified atom stereocenters.